The van der Waals surface area contributed by atoms with Gasteiger partial charge in [-0.25, -0.2) is 4.98 Å². The summed E-state index contributed by atoms with van der Waals surface area (Å²) >= 11 is 0. The van der Waals surface area contributed by atoms with Crippen molar-refractivity contribution < 1.29 is 19.3 Å². The molecule has 8 nitrogen and oxygen atoms in total. The fourth-order valence-corrected chi connectivity index (χ4v) is 2.64. The topological polar surface area (TPSA) is 127 Å². The Morgan fingerprint density at radius 1 is 1.25 bits per heavy atom. The van der Waals surface area contributed by atoms with E-state index < -0.39 is 31.0 Å². The molecule has 2 rings (SSSR count). The van der Waals surface area contributed by atoms with Crippen LogP contribution >= 0.6 is 0 Å². The SMILES string of the molecule is CC(C)C[C@H](N)B(O)OC(=O)[C@H](Cc1ccccc1)NC(=O)c1cnccn1. The average Bonchev–Trinajstić information content (AvgIpc) is 2.68. The zero-order valence-corrected chi connectivity index (χ0v) is 16.0. The number of carbonyl (C=O) groups excluding carboxylic acids is 2. The number of nitrogens with two attached hydrogens (primary N) is 1. The third-order valence-electron chi connectivity index (χ3n) is 4.02. The van der Waals surface area contributed by atoms with Crippen LogP contribution in [-0.4, -0.2) is 46.0 Å². The summed E-state index contributed by atoms with van der Waals surface area (Å²) in [5.41, 5.74) is 6.78. The van der Waals surface area contributed by atoms with E-state index in [1.165, 1.54) is 18.6 Å². The van der Waals surface area contributed by atoms with Crippen LogP contribution in [0.15, 0.2) is 48.9 Å². The minimum absolute atomic E-state index is 0.0745. The highest BCUT2D eigenvalue weighted by Crippen LogP contribution is 2.09. The van der Waals surface area contributed by atoms with Gasteiger partial charge in [0, 0.05) is 18.8 Å². The molecule has 1 aromatic carbocycles. The Hall–Kier alpha value is -2.78. The van der Waals surface area contributed by atoms with Gasteiger partial charge in [-0.2, -0.15) is 0 Å². The van der Waals surface area contributed by atoms with E-state index in [2.05, 4.69) is 15.3 Å². The smallest absolute Gasteiger partial charge is 0.507 e. The molecule has 0 spiro atoms. The maximum atomic E-state index is 12.6. The van der Waals surface area contributed by atoms with E-state index in [1.54, 1.807) is 0 Å². The lowest BCUT2D eigenvalue weighted by molar-refractivity contribution is -0.138. The fourth-order valence-electron chi connectivity index (χ4n) is 2.64. The molecule has 148 valence electrons. The molecule has 28 heavy (non-hydrogen) atoms. The molecule has 0 radical (unpaired) electrons. The summed E-state index contributed by atoms with van der Waals surface area (Å²) in [4.78, 5) is 32.8. The third kappa shape index (κ3) is 6.75. The number of aromatic nitrogens is 2. The molecular formula is C19H25BN4O4. The van der Waals surface area contributed by atoms with Crippen LogP contribution in [0.25, 0.3) is 0 Å². The normalized spacial score (nSPS) is 12.9. The first-order chi connectivity index (χ1) is 13.4. The second-order valence-electron chi connectivity index (χ2n) is 6.93. The predicted molar refractivity (Wildman–Crippen MR) is 105 cm³/mol. The summed E-state index contributed by atoms with van der Waals surface area (Å²) < 4.78 is 5.13. The van der Waals surface area contributed by atoms with Gasteiger partial charge >= 0.3 is 13.1 Å². The molecule has 0 unspecified atom stereocenters. The molecule has 0 fully saturated rings. The zero-order chi connectivity index (χ0) is 20.5. The molecule has 9 heteroatoms. The second kappa shape index (κ2) is 10.5. The first kappa shape index (κ1) is 21.5. The lowest BCUT2D eigenvalue weighted by Crippen LogP contribution is -2.49. The number of amides is 1. The lowest BCUT2D eigenvalue weighted by Gasteiger charge is -2.21. The number of hydrogen-bond acceptors (Lipinski definition) is 7. The quantitative estimate of drug-likeness (QED) is 0.545. The Morgan fingerprint density at radius 2 is 1.96 bits per heavy atom. The van der Waals surface area contributed by atoms with E-state index in [1.807, 2.05) is 44.2 Å². The van der Waals surface area contributed by atoms with E-state index in [-0.39, 0.29) is 18.0 Å². The number of benzene rings is 1. The molecule has 0 aliphatic rings. The highest BCUT2D eigenvalue weighted by molar-refractivity contribution is 6.47. The van der Waals surface area contributed by atoms with E-state index >= 15 is 0 Å². The number of hydrogen-bond donors (Lipinski definition) is 3. The van der Waals surface area contributed by atoms with Crippen LogP contribution in [0, 0.1) is 5.92 Å². The van der Waals surface area contributed by atoms with Crippen molar-refractivity contribution in [2.45, 2.75) is 38.7 Å². The molecule has 2 atom stereocenters. The van der Waals surface area contributed by atoms with E-state index in [4.69, 9.17) is 10.4 Å². The predicted octanol–water partition coefficient (Wildman–Crippen LogP) is 0.754. The summed E-state index contributed by atoms with van der Waals surface area (Å²) in [7, 11) is -1.46. The van der Waals surface area contributed by atoms with Crippen molar-refractivity contribution >= 4 is 19.0 Å². The van der Waals surface area contributed by atoms with Gasteiger partial charge in [-0.05, 0) is 17.9 Å². The van der Waals surface area contributed by atoms with Gasteiger partial charge in [-0.3, -0.25) is 14.6 Å². The number of rotatable bonds is 9. The standard InChI is InChI=1S/C19H25BN4O4/c1-13(2)10-17(21)20(27)28-19(26)15(11-14-6-4-3-5-7-14)24-18(25)16-12-22-8-9-23-16/h3-9,12-13,15,17,27H,10-11,21H2,1-2H3,(H,24,25)/t15-,17-/m0/s1. The third-order valence-corrected chi connectivity index (χ3v) is 4.02. The molecule has 1 heterocycles. The Balaban J connectivity index is 2.10. The van der Waals surface area contributed by atoms with Crippen LogP contribution in [0.2, 0.25) is 0 Å². The van der Waals surface area contributed by atoms with E-state index in [0.717, 1.165) is 5.56 Å². The van der Waals surface area contributed by atoms with Crippen LogP contribution in [0.3, 0.4) is 0 Å². The van der Waals surface area contributed by atoms with Crippen molar-refractivity contribution in [3.63, 3.8) is 0 Å². The number of carbonyl (C=O) groups is 2. The molecule has 1 amide bonds. The number of nitrogens with one attached hydrogen (secondary N) is 1. The largest absolute Gasteiger partial charge is 0.542 e. The minimum atomic E-state index is -1.46. The van der Waals surface area contributed by atoms with Crippen LogP contribution < -0.4 is 11.1 Å². The summed E-state index contributed by atoms with van der Waals surface area (Å²) in [5.74, 6) is -1.81. The van der Waals surface area contributed by atoms with Crippen LogP contribution in [-0.2, 0) is 15.9 Å². The second-order valence-corrected chi connectivity index (χ2v) is 6.93. The fraction of sp³-hybridized carbons (Fsp3) is 0.368. The summed E-state index contributed by atoms with van der Waals surface area (Å²) in [6, 6.07) is 8.15. The van der Waals surface area contributed by atoms with Crippen molar-refractivity contribution in [2.24, 2.45) is 11.7 Å². The maximum absolute atomic E-state index is 12.6. The van der Waals surface area contributed by atoms with Gasteiger partial charge in [-0.1, -0.05) is 44.2 Å². The molecule has 1 aromatic heterocycles. The van der Waals surface area contributed by atoms with Crippen molar-refractivity contribution in [3.8, 4) is 0 Å². The van der Waals surface area contributed by atoms with Crippen LogP contribution in [0.4, 0.5) is 0 Å². The molecule has 0 aliphatic carbocycles. The molecule has 0 bridgehead atoms. The molecule has 0 aliphatic heterocycles. The van der Waals surface area contributed by atoms with Gasteiger partial charge in [0.25, 0.3) is 5.91 Å². The Kier molecular flexibility index (Phi) is 8.10. The van der Waals surface area contributed by atoms with Crippen LogP contribution in [0.5, 0.6) is 0 Å². The highest BCUT2D eigenvalue weighted by atomic mass is 16.6. The van der Waals surface area contributed by atoms with Gasteiger partial charge in [-0.15, -0.1) is 0 Å². The minimum Gasteiger partial charge on any atom is -0.507 e. The van der Waals surface area contributed by atoms with Crippen molar-refractivity contribution in [1.29, 1.82) is 0 Å². The van der Waals surface area contributed by atoms with Crippen molar-refractivity contribution in [1.82, 2.24) is 15.3 Å². The van der Waals surface area contributed by atoms with Gasteiger partial charge < -0.3 is 20.7 Å². The van der Waals surface area contributed by atoms with E-state index in [0.29, 0.717) is 6.42 Å². The highest BCUT2D eigenvalue weighted by Gasteiger charge is 2.32. The Morgan fingerprint density at radius 3 is 2.57 bits per heavy atom. The van der Waals surface area contributed by atoms with Crippen LogP contribution in [0.1, 0.15) is 36.3 Å². The van der Waals surface area contributed by atoms with Gasteiger partial charge in [0.1, 0.15) is 11.7 Å². The average molecular weight is 384 g/mol. The molecule has 0 saturated carbocycles. The summed E-state index contributed by atoms with van der Waals surface area (Å²) in [6.07, 6.45) is 4.81. The maximum Gasteiger partial charge on any atom is 0.542 e. The van der Waals surface area contributed by atoms with E-state index in [9.17, 15) is 14.6 Å². The molecule has 0 saturated heterocycles. The first-order valence-electron chi connectivity index (χ1n) is 9.11. The van der Waals surface area contributed by atoms with Crippen molar-refractivity contribution in [3.05, 3.63) is 60.2 Å². The summed E-state index contributed by atoms with van der Waals surface area (Å²) in [6.45, 7) is 3.90. The molecule has 4 N–H and O–H groups in total. The van der Waals surface area contributed by atoms with Crippen molar-refractivity contribution in [2.75, 3.05) is 0 Å². The molecule has 2 aromatic rings. The van der Waals surface area contributed by atoms with Gasteiger partial charge in [0.2, 0.25) is 0 Å². The Labute approximate surface area is 164 Å². The zero-order valence-electron chi connectivity index (χ0n) is 16.0. The number of nitrogens with zero attached hydrogens (tertiary/aromatic N) is 2. The van der Waals surface area contributed by atoms with Gasteiger partial charge in [0.15, 0.2) is 0 Å². The first-order valence-corrected chi connectivity index (χ1v) is 9.11. The lowest BCUT2D eigenvalue weighted by atomic mass is 9.75. The monoisotopic (exact) mass is 384 g/mol. The summed E-state index contributed by atoms with van der Waals surface area (Å²) in [5, 5.41) is 12.7. The van der Waals surface area contributed by atoms with Gasteiger partial charge in [0.05, 0.1) is 12.1 Å². The molecular weight excluding hydrogens is 359 g/mol. The Bertz CT molecular complexity index is 761.